The van der Waals surface area contributed by atoms with Gasteiger partial charge < -0.3 is 0 Å². The SMILES string of the molecule is O=C1CC(Sc2ccc([N+](=O)[O-])cc2)C(=O)N1c1ccc(Sc2ccc(N3C(=O)CC(Sc4ccc([N+](=O)[O-])cc4)C3=O)cc2)cc1. The van der Waals surface area contributed by atoms with Crippen LogP contribution in [0.2, 0.25) is 0 Å². The van der Waals surface area contributed by atoms with Gasteiger partial charge in [0.2, 0.25) is 23.6 Å². The third-order valence-electron chi connectivity index (χ3n) is 7.29. The molecule has 2 fully saturated rings. The first-order chi connectivity index (χ1) is 22.6. The molecule has 0 saturated carbocycles. The van der Waals surface area contributed by atoms with Gasteiger partial charge in [-0.3, -0.25) is 39.4 Å². The summed E-state index contributed by atoms with van der Waals surface area (Å²) in [6.07, 6.45) is 0.0314. The lowest BCUT2D eigenvalue weighted by molar-refractivity contribution is -0.385. The molecule has 0 bridgehead atoms. The highest BCUT2D eigenvalue weighted by Gasteiger charge is 2.41. The molecule has 0 aliphatic carbocycles. The number of nitro benzene ring substituents is 2. The van der Waals surface area contributed by atoms with Crippen molar-refractivity contribution in [2.75, 3.05) is 9.80 Å². The highest BCUT2D eigenvalue weighted by molar-refractivity contribution is 8.01. The molecule has 2 aliphatic rings. The Morgan fingerprint density at radius 3 is 1.15 bits per heavy atom. The van der Waals surface area contributed by atoms with Crippen LogP contribution in [0.15, 0.2) is 117 Å². The molecule has 236 valence electrons. The molecule has 2 unspecified atom stereocenters. The molecule has 0 spiro atoms. The van der Waals surface area contributed by atoms with Gasteiger partial charge in [0, 0.05) is 56.7 Å². The maximum absolute atomic E-state index is 13.1. The zero-order valence-corrected chi connectivity index (χ0v) is 26.5. The van der Waals surface area contributed by atoms with Crippen molar-refractivity contribution in [1.82, 2.24) is 0 Å². The summed E-state index contributed by atoms with van der Waals surface area (Å²) in [6.45, 7) is 0. The summed E-state index contributed by atoms with van der Waals surface area (Å²) in [5, 5.41) is 20.5. The van der Waals surface area contributed by atoms with E-state index in [0.717, 1.165) is 19.6 Å². The topological polar surface area (TPSA) is 161 Å². The molecule has 2 atom stereocenters. The number of carbonyl (C=O) groups is 4. The van der Waals surface area contributed by atoms with Crippen LogP contribution >= 0.6 is 35.3 Å². The van der Waals surface area contributed by atoms with Crippen LogP contribution in [0.1, 0.15) is 12.8 Å². The molecule has 4 amide bonds. The summed E-state index contributed by atoms with van der Waals surface area (Å²) in [7, 11) is 0. The minimum atomic E-state index is -0.637. The molecule has 2 saturated heterocycles. The van der Waals surface area contributed by atoms with E-state index in [-0.39, 0.29) is 47.8 Å². The Hall–Kier alpha value is -4.99. The summed E-state index contributed by atoms with van der Waals surface area (Å²) in [5.41, 5.74) is 0.778. The van der Waals surface area contributed by atoms with Gasteiger partial charge in [-0.25, -0.2) is 9.80 Å². The van der Waals surface area contributed by atoms with Crippen molar-refractivity contribution < 1.29 is 29.0 Å². The molecule has 0 radical (unpaired) electrons. The predicted octanol–water partition coefficient (Wildman–Crippen LogP) is 6.50. The number of hydrogen-bond donors (Lipinski definition) is 0. The second kappa shape index (κ2) is 13.4. The number of thioether (sulfide) groups is 2. The molecule has 0 aromatic heterocycles. The van der Waals surface area contributed by atoms with Crippen molar-refractivity contribution in [3.63, 3.8) is 0 Å². The van der Waals surface area contributed by atoms with Gasteiger partial charge in [-0.05, 0) is 72.8 Å². The molecule has 4 aromatic rings. The van der Waals surface area contributed by atoms with Crippen LogP contribution in [-0.4, -0.2) is 44.0 Å². The second-order valence-electron chi connectivity index (χ2n) is 10.3. The average Bonchev–Trinajstić information content (AvgIpc) is 3.50. The fraction of sp³-hybridized carbons (Fsp3) is 0.125. The van der Waals surface area contributed by atoms with Crippen LogP contribution in [0.25, 0.3) is 0 Å². The van der Waals surface area contributed by atoms with Crippen LogP contribution in [-0.2, 0) is 19.2 Å². The Labute approximate surface area is 279 Å². The number of imide groups is 2. The number of hydrogen-bond acceptors (Lipinski definition) is 11. The fourth-order valence-corrected chi connectivity index (χ4v) is 7.94. The Morgan fingerprint density at radius 2 is 0.830 bits per heavy atom. The maximum atomic E-state index is 13.1. The third-order valence-corrected chi connectivity index (χ3v) is 10.7. The summed E-state index contributed by atoms with van der Waals surface area (Å²) in [4.78, 5) is 77.8. The van der Waals surface area contributed by atoms with Crippen molar-refractivity contribution in [1.29, 1.82) is 0 Å². The van der Waals surface area contributed by atoms with E-state index in [9.17, 15) is 39.4 Å². The van der Waals surface area contributed by atoms with Crippen molar-refractivity contribution in [2.45, 2.75) is 42.9 Å². The van der Waals surface area contributed by atoms with Gasteiger partial charge in [-0.15, -0.1) is 23.5 Å². The van der Waals surface area contributed by atoms with E-state index in [1.165, 1.54) is 59.6 Å². The quantitative estimate of drug-likeness (QED) is 0.102. The van der Waals surface area contributed by atoms with E-state index in [4.69, 9.17) is 0 Å². The van der Waals surface area contributed by atoms with Gasteiger partial charge in [-0.1, -0.05) is 11.8 Å². The van der Waals surface area contributed by atoms with E-state index < -0.39 is 20.3 Å². The van der Waals surface area contributed by atoms with E-state index in [1.54, 1.807) is 72.8 Å². The monoisotopic (exact) mass is 686 g/mol. The number of benzene rings is 4. The van der Waals surface area contributed by atoms with E-state index in [0.29, 0.717) is 21.2 Å². The van der Waals surface area contributed by atoms with E-state index >= 15 is 0 Å². The van der Waals surface area contributed by atoms with Gasteiger partial charge in [0.15, 0.2) is 0 Å². The van der Waals surface area contributed by atoms with Crippen molar-refractivity contribution >= 4 is 81.7 Å². The maximum Gasteiger partial charge on any atom is 0.269 e. The first kappa shape index (κ1) is 32.0. The van der Waals surface area contributed by atoms with Gasteiger partial charge in [0.1, 0.15) is 0 Å². The Bertz CT molecular complexity index is 1760. The van der Waals surface area contributed by atoms with Crippen LogP contribution in [0, 0.1) is 20.2 Å². The number of anilines is 2. The standard InChI is InChI=1S/C32H22N4O8S3/c37-29-17-27(46-25-13-5-21(6-14-25)35(41)42)31(39)33(29)19-1-9-23(10-2-19)45-24-11-3-20(4-12-24)34-30(38)18-28(32(34)40)47-26-15-7-22(8-16-26)36(43)44/h1-16,27-28H,17-18H2. The Balaban J connectivity index is 1.06. The van der Waals surface area contributed by atoms with Gasteiger partial charge in [0.25, 0.3) is 11.4 Å². The molecule has 4 aromatic carbocycles. The lowest BCUT2D eigenvalue weighted by atomic mass is 10.3. The second-order valence-corrected chi connectivity index (χ2v) is 14.0. The number of non-ortho nitro benzene ring substituents is 2. The number of rotatable bonds is 10. The highest BCUT2D eigenvalue weighted by Crippen LogP contribution is 2.38. The predicted molar refractivity (Wildman–Crippen MR) is 177 cm³/mol. The number of nitrogens with zero attached hydrogens (tertiary/aromatic N) is 4. The molecule has 6 rings (SSSR count). The average molecular weight is 687 g/mol. The minimum Gasteiger partial charge on any atom is -0.274 e. The number of amides is 4. The van der Waals surface area contributed by atoms with E-state index in [2.05, 4.69) is 0 Å². The largest absolute Gasteiger partial charge is 0.274 e. The first-order valence-electron chi connectivity index (χ1n) is 14.0. The Kier molecular flexibility index (Phi) is 9.11. The highest BCUT2D eigenvalue weighted by atomic mass is 32.2. The molecular formula is C32H22N4O8S3. The zero-order valence-electron chi connectivity index (χ0n) is 24.1. The van der Waals surface area contributed by atoms with Crippen molar-refractivity contribution in [2.24, 2.45) is 0 Å². The molecule has 0 N–H and O–H groups in total. The number of carbonyl (C=O) groups excluding carboxylic acids is 4. The van der Waals surface area contributed by atoms with E-state index in [1.807, 2.05) is 0 Å². The smallest absolute Gasteiger partial charge is 0.269 e. The summed E-state index contributed by atoms with van der Waals surface area (Å²) < 4.78 is 0. The van der Waals surface area contributed by atoms with Crippen LogP contribution < -0.4 is 9.80 Å². The van der Waals surface area contributed by atoms with Crippen LogP contribution in [0.5, 0.6) is 0 Å². The lowest BCUT2D eigenvalue weighted by Gasteiger charge is -2.16. The minimum absolute atomic E-state index is 0.0157. The normalized spacial score (nSPS) is 17.9. The zero-order chi connectivity index (χ0) is 33.2. The third kappa shape index (κ3) is 6.91. The molecular weight excluding hydrogens is 665 g/mol. The fourth-order valence-electron chi connectivity index (χ4n) is 5.02. The van der Waals surface area contributed by atoms with Crippen LogP contribution in [0.3, 0.4) is 0 Å². The summed E-state index contributed by atoms with van der Waals surface area (Å²) in [6, 6.07) is 25.6. The van der Waals surface area contributed by atoms with Crippen molar-refractivity contribution in [3.8, 4) is 0 Å². The molecule has 2 aliphatic heterocycles. The Morgan fingerprint density at radius 1 is 0.511 bits per heavy atom. The molecule has 2 heterocycles. The summed E-state index contributed by atoms with van der Waals surface area (Å²) >= 11 is 3.81. The van der Waals surface area contributed by atoms with Gasteiger partial charge in [0.05, 0.1) is 31.7 Å². The molecule has 12 nitrogen and oxygen atoms in total. The van der Waals surface area contributed by atoms with Gasteiger partial charge >= 0.3 is 0 Å². The summed E-state index contributed by atoms with van der Waals surface area (Å²) in [5.74, 6) is -1.36. The van der Waals surface area contributed by atoms with Crippen molar-refractivity contribution in [3.05, 3.63) is 117 Å². The molecule has 15 heteroatoms. The van der Waals surface area contributed by atoms with Crippen LogP contribution in [0.4, 0.5) is 22.7 Å². The number of nitro groups is 2. The molecule has 47 heavy (non-hydrogen) atoms. The first-order valence-corrected chi connectivity index (χ1v) is 16.6. The lowest BCUT2D eigenvalue weighted by Crippen LogP contribution is -2.31. The van der Waals surface area contributed by atoms with Gasteiger partial charge in [-0.2, -0.15) is 0 Å².